The minimum atomic E-state index is -1.96. The lowest BCUT2D eigenvalue weighted by atomic mass is 9.77. The minimum Gasteiger partial charge on any atom is -0.488 e. The highest BCUT2D eigenvalue weighted by molar-refractivity contribution is 6.16. The molecule has 0 saturated heterocycles. The van der Waals surface area contributed by atoms with Crippen molar-refractivity contribution in [1.82, 2.24) is 9.78 Å². The summed E-state index contributed by atoms with van der Waals surface area (Å²) in [6.45, 7) is 2.03. The number of nitriles is 1. The van der Waals surface area contributed by atoms with Gasteiger partial charge in [0.05, 0.1) is 17.5 Å². The van der Waals surface area contributed by atoms with Crippen LogP contribution in [0.5, 0.6) is 5.75 Å². The number of para-hydroxylation sites is 2. The van der Waals surface area contributed by atoms with E-state index in [1.807, 2.05) is 67.6 Å². The Labute approximate surface area is 180 Å². The van der Waals surface area contributed by atoms with E-state index in [1.54, 1.807) is 4.68 Å². The van der Waals surface area contributed by atoms with Crippen LogP contribution in [0.25, 0.3) is 16.9 Å². The molecule has 1 aliphatic heterocycles. The van der Waals surface area contributed by atoms with Gasteiger partial charge in [-0.3, -0.25) is 9.59 Å². The molecule has 0 spiro atoms. The van der Waals surface area contributed by atoms with Crippen molar-refractivity contribution in [2.75, 3.05) is 0 Å². The Morgan fingerprint density at radius 3 is 2.58 bits per heavy atom. The minimum absolute atomic E-state index is 0.0461. The van der Waals surface area contributed by atoms with Gasteiger partial charge in [-0.15, -0.1) is 0 Å². The molecule has 2 heterocycles. The highest BCUT2D eigenvalue weighted by Crippen LogP contribution is 2.41. The molecule has 4 rings (SSSR count). The van der Waals surface area contributed by atoms with Gasteiger partial charge in [0.15, 0.2) is 5.41 Å². The average molecular weight is 414 g/mol. The highest BCUT2D eigenvalue weighted by Gasteiger charge is 2.47. The largest absolute Gasteiger partial charge is 0.488 e. The number of aromatic nitrogens is 2. The predicted octanol–water partition coefficient (Wildman–Crippen LogP) is 3.80. The Bertz CT molecular complexity index is 1190. The van der Waals surface area contributed by atoms with Gasteiger partial charge in [-0.05, 0) is 30.7 Å². The molecule has 2 N–H and O–H groups in total. The summed E-state index contributed by atoms with van der Waals surface area (Å²) in [5.74, 6) is -0.947. The Balaban J connectivity index is 1.95. The van der Waals surface area contributed by atoms with E-state index in [1.165, 1.54) is 0 Å². The molecule has 31 heavy (non-hydrogen) atoms. The van der Waals surface area contributed by atoms with Crippen molar-refractivity contribution in [3.63, 3.8) is 0 Å². The molecule has 0 bridgehead atoms. The van der Waals surface area contributed by atoms with Gasteiger partial charge >= 0.3 is 0 Å². The van der Waals surface area contributed by atoms with E-state index in [9.17, 15) is 14.9 Å². The van der Waals surface area contributed by atoms with Crippen LogP contribution in [0, 0.1) is 16.7 Å². The van der Waals surface area contributed by atoms with Gasteiger partial charge in [-0.2, -0.15) is 10.4 Å². The fraction of sp³-hybridized carbons (Fsp3) is 0.250. The molecule has 0 saturated carbocycles. The first-order chi connectivity index (χ1) is 15.0. The zero-order valence-electron chi connectivity index (χ0n) is 17.2. The van der Waals surface area contributed by atoms with Gasteiger partial charge in [0.25, 0.3) is 0 Å². The number of carbonyl (C=O) groups excluding carboxylic acids is 2. The van der Waals surface area contributed by atoms with Crippen LogP contribution in [-0.4, -0.2) is 21.5 Å². The van der Waals surface area contributed by atoms with Crippen molar-refractivity contribution in [2.45, 2.75) is 32.8 Å². The van der Waals surface area contributed by atoms with Gasteiger partial charge < -0.3 is 10.5 Å². The van der Waals surface area contributed by atoms with Crippen molar-refractivity contribution >= 4 is 11.7 Å². The number of carbonyl (C=O) groups is 2. The zero-order valence-corrected chi connectivity index (χ0v) is 17.2. The van der Waals surface area contributed by atoms with Crippen LogP contribution in [-0.2, 0) is 11.4 Å². The molecule has 7 nitrogen and oxygen atoms in total. The second kappa shape index (κ2) is 8.07. The normalized spacial score (nSPS) is 13.8. The molecule has 156 valence electrons. The number of nitrogens with two attached hydrogens (primary N) is 1. The Kier molecular flexibility index (Phi) is 5.30. The number of fused-ring (bicyclic) bond motifs is 3. The number of ketones is 1. The molecule has 1 amide bonds. The van der Waals surface area contributed by atoms with Crippen LogP contribution in [0.1, 0.15) is 42.2 Å². The lowest BCUT2D eigenvalue weighted by Gasteiger charge is -2.22. The molecule has 1 aliphatic rings. The third kappa shape index (κ3) is 3.26. The number of primary amides is 1. The smallest absolute Gasteiger partial charge is 0.246 e. The van der Waals surface area contributed by atoms with E-state index >= 15 is 0 Å². The second-order valence-electron chi connectivity index (χ2n) is 7.52. The lowest BCUT2D eigenvalue weighted by molar-refractivity contribution is -0.123. The maximum atomic E-state index is 13.6. The van der Waals surface area contributed by atoms with Crippen molar-refractivity contribution in [2.24, 2.45) is 11.1 Å². The average Bonchev–Trinajstić information content (AvgIpc) is 3.20. The maximum Gasteiger partial charge on any atom is 0.246 e. The van der Waals surface area contributed by atoms with E-state index in [-0.39, 0.29) is 18.7 Å². The Hall–Kier alpha value is -3.92. The van der Waals surface area contributed by atoms with E-state index in [0.29, 0.717) is 23.4 Å². The molecule has 0 radical (unpaired) electrons. The fourth-order valence-corrected chi connectivity index (χ4v) is 3.89. The van der Waals surface area contributed by atoms with Gasteiger partial charge in [0.2, 0.25) is 11.7 Å². The second-order valence-corrected chi connectivity index (χ2v) is 7.52. The molecule has 3 aromatic rings. The zero-order chi connectivity index (χ0) is 22.0. The summed E-state index contributed by atoms with van der Waals surface area (Å²) in [5.41, 5.74) is 6.47. The third-order valence-corrected chi connectivity index (χ3v) is 5.62. The Morgan fingerprint density at radius 2 is 1.90 bits per heavy atom. The number of Topliss-reactive ketones (excluding diaryl/α,β-unsaturated/α-hetero) is 1. The third-order valence-electron chi connectivity index (χ3n) is 5.62. The van der Waals surface area contributed by atoms with Crippen LogP contribution in [0.15, 0.2) is 54.6 Å². The number of rotatable bonds is 7. The number of nitrogens with zero attached hydrogens (tertiary/aromatic N) is 3. The maximum absolute atomic E-state index is 13.6. The molecule has 1 aromatic heterocycles. The fourth-order valence-electron chi connectivity index (χ4n) is 3.89. The molecule has 0 fully saturated rings. The quantitative estimate of drug-likeness (QED) is 0.467. The summed E-state index contributed by atoms with van der Waals surface area (Å²) < 4.78 is 7.55. The SMILES string of the molecule is CCCCC(C#N)(C(N)=O)C(=O)c1nn(-c2ccccc2)c2c1COc1ccccc1-2. The molecular formula is C24H22N4O3. The van der Waals surface area contributed by atoms with Crippen molar-refractivity contribution in [1.29, 1.82) is 5.26 Å². The summed E-state index contributed by atoms with van der Waals surface area (Å²) in [7, 11) is 0. The van der Waals surface area contributed by atoms with Gasteiger partial charge in [-0.1, -0.05) is 50.1 Å². The molecular weight excluding hydrogens is 392 g/mol. The van der Waals surface area contributed by atoms with Crippen molar-refractivity contribution in [3.8, 4) is 28.8 Å². The summed E-state index contributed by atoms with van der Waals surface area (Å²) in [6.07, 6.45) is 1.29. The first-order valence-corrected chi connectivity index (χ1v) is 10.2. The Morgan fingerprint density at radius 1 is 1.19 bits per heavy atom. The molecule has 1 atom stereocenters. The summed E-state index contributed by atoms with van der Waals surface area (Å²) in [5, 5.41) is 14.4. The van der Waals surface area contributed by atoms with Crippen LogP contribution in [0.4, 0.5) is 0 Å². The number of unbranched alkanes of at least 4 members (excludes halogenated alkanes) is 1. The number of amides is 1. The van der Waals surface area contributed by atoms with Gasteiger partial charge in [0.1, 0.15) is 18.1 Å². The lowest BCUT2D eigenvalue weighted by Crippen LogP contribution is -2.43. The number of benzene rings is 2. The van der Waals surface area contributed by atoms with E-state index < -0.39 is 17.1 Å². The number of hydrogen-bond acceptors (Lipinski definition) is 5. The molecule has 2 aromatic carbocycles. The van der Waals surface area contributed by atoms with Crippen LogP contribution in [0.3, 0.4) is 0 Å². The summed E-state index contributed by atoms with van der Waals surface area (Å²) in [4.78, 5) is 25.9. The monoisotopic (exact) mass is 414 g/mol. The standard InChI is InChI=1S/C24H22N4O3/c1-2-3-13-24(15-25,23(26)30)22(29)20-18-14-31-19-12-8-7-11-17(19)21(18)28(27-20)16-9-5-4-6-10-16/h4-12H,2-3,13-14H2,1H3,(H2,26,30). The van der Waals surface area contributed by atoms with E-state index in [0.717, 1.165) is 17.7 Å². The predicted molar refractivity (Wildman–Crippen MR) is 114 cm³/mol. The number of hydrogen-bond donors (Lipinski definition) is 1. The van der Waals surface area contributed by atoms with E-state index in [4.69, 9.17) is 10.5 Å². The topological polar surface area (TPSA) is 111 Å². The first-order valence-electron chi connectivity index (χ1n) is 10.2. The molecule has 0 aliphatic carbocycles. The van der Waals surface area contributed by atoms with Gasteiger partial charge in [-0.25, -0.2) is 4.68 Å². The first kappa shape index (κ1) is 20.4. The van der Waals surface area contributed by atoms with Crippen LogP contribution < -0.4 is 10.5 Å². The van der Waals surface area contributed by atoms with E-state index in [2.05, 4.69) is 5.10 Å². The van der Waals surface area contributed by atoms with Crippen LogP contribution in [0.2, 0.25) is 0 Å². The summed E-state index contributed by atoms with van der Waals surface area (Å²) in [6, 6.07) is 18.8. The highest BCUT2D eigenvalue weighted by atomic mass is 16.5. The van der Waals surface area contributed by atoms with Crippen molar-refractivity contribution in [3.05, 3.63) is 65.9 Å². The summed E-state index contributed by atoms with van der Waals surface area (Å²) >= 11 is 0. The van der Waals surface area contributed by atoms with Crippen LogP contribution >= 0.6 is 0 Å². The molecule has 7 heteroatoms. The molecule has 1 unspecified atom stereocenters. The number of ether oxygens (including phenoxy) is 1. The van der Waals surface area contributed by atoms with Gasteiger partial charge in [0, 0.05) is 11.1 Å². The van der Waals surface area contributed by atoms with Crippen molar-refractivity contribution < 1.29 is 14.3 Å².